The van der Waals surface area contributed by atoms with E-state index in [-0.39, 0.29) is 5.82 Å². The highest BCUT2D eigenvalue weighted by Crippen LogP contribution is 2.21. The number of hydrogen-bond donors (Lipinski definition) is 1. The second-order valence-electron chi connectivity index (χ2n) is 4.55. The van der Waals surface area contributed by atoms with Crippen LogP contribution in [0.1, 0.15) is 6.42 Å². The summed E-state index contributed by atoms with van der Waals surface area (Å²) >= 11 is 3.16. The number of likely N-dealkylation sites (tertiary alicyclic amines) is 1. The van der Waals surface area contributed by atoms with Gasteiger partial charge in [-0.25, -0.2) is 4.39 Å². The number of benzene rings is 1. The molecule has 1 fully saturated rings. The Labute approximate surface area is 115 Å². The zero-order valence-electron chi connectivity index (χ0n) is 10.5. The van der Waals surface area contributed by atoms with Crippen molar-refractivity contribution in [3.63, 3.8) is 0 Å². The fourth-order valence-electron chi connectivity index (χ4n) is 2.20. The summed E-state index contributed by atoms with van der Waals surface area (Å²) in [6, 6.07) is 5.55. The molecule has 1 atom stereocenters. The molecule has 1 aliphatic rings. The van der Waals surface area contributed by atoms with Gasteiger partial charge in [-0.3, -0.25) is 4.90 Å². The number of methoxy groups -OCH3 is 1. The zero-order chi connectivity index (χ0) is 13.0. The first-order valence-electron chi connectivity index (χ1n) is 6.12. The van der Waals surface area contributed by atoms with Gasteiger partial charge >= 0.3 is 0 Å². The molecule has 0 aromatic heterocycles. The molecule has 1 saturated heterocycles. The highest BCUT2D eigenvalue weighted by molar-refractivity contribution is 9.10. The van der Waals surface area contributed by atoms with Crippen molar-refractivity contribution in [3.8, 4) is 0 Å². The number of anilines is 1. The predicted octanol–water partition coefficient (Wildman–Crippen LogP) is 2.72. The second-order valence-corrected chi connectivity index (χ2v) is 5.41. The Balaban J connectivity index is 1.85. The van der Waals surface area contributed by atoms with Crippen LogP contribution in [0, 0.1) is 5.82 Å². The van der Waals surface area contributed by atoms with Crippen molar-refractivity contribution < 1.29 is 9.13 Å². The fourth-order valence-corrected chi connectivity index (χ4v) is 2.44. The topological polar surface area (TPSA) is 24.5 Å². The van der Waals surface area contributed by atoms with Crippen LogP contribution in [0.15, 0.2) is 22.7 Å². The highest BCUT2D eigenvalue weighted by atomic mass is 79.9. The first kappa shape index (κ1) is 13.8. The summed E-state index contributed by atoms with van der Waals surface area (Å²) in [6.07, 6.45) is 1.08. The standard InChI is InChI=1S/C13H18BrFN2O/c1-18-7-6-17-5-4-11(9-17)16-10-2-3-12(14)13(15)8-10/h2-3,8,11,16H,4-7,9H2,1H3/t11-/m1/s1. The van der Waals surface area contributed by atoms with Crippen molar-refractivity contribution in [1.29, 1.82) is 0 Å². The molecular weight excluding hydrogens is 299 g/mol. The molecule has 0 amide bonds. The Morgan fingerprint density at radius 2 is 2.39 bits per heavy atom. The molecule has 5 heteroatoms. The van der Waals surface area contributed by atoms with E-state index in [2.05, 4.69) is 26.1 Å². The summed E-state index contributed by atoms with van der Waals surface area (Å²) in [7, 11) is 1.72. The maximum Gasteiger partial charge on any atom is 0.139 e. The van der Waals surface area contributed by atoms with Gasteiger partial charge in [-0.2, -0.15) is 0 Å². The van der Waals surface area contributed by atoms with Crippen LogP contribution in [-0.4, -0.2) is 44.3 Å². The van der Waals surface area contributed by atoms with E-state index < -0.39 is 0 Å². The van der Waals surface area contributed by atoms with Crippen LogP contribution in [0.2, 0.25) is 0 Å². The van der Waals surface area contributed by atoms with Crippen molar-refractivity contribution in [2.45, 2.75) is 12.5 Å². The van der Waals surface area contributed by atoms with Gasteiger partial charge in [0, 0.05) is 38.5 Å². The third kappa shape index (κ3) is 3.67. The monoisotopic (exact) mass is 316 g/mol. The number of hydrogen-bond acceptors (Lipinski definition) is 3. The third-order valence-electron chi connectivity index (χ3n) is 3.17. The lowest BCUT2D eigenvalue weighted by molar-refractivity contribution is 0.160. The van der Waals surface area contributed by atoms with Gasteiger partial charge in [0.25, 0.3) is 0 Å². The normalized spacial score (nSPS) is 20.3. The van der Waals surface area contributed by atoms with Crippen LogP contribution < -0.4 is 5.32 Å². The van der Waals surface area contributed by atoms with Gasteiger partial charge in [0.1, 0.15) is 5.82 Å². The molecule has 1 aliphatic heterocycles. The summed E-state index contributed by atoms with van der Waals surface area (Å²) < 4.78 is 19.0. The molecule has 1 heterocycles. The lowest BCUT2D eigenvalue weighted by atomic mass is 10.2. The molecule has 0 bridgehead atoms. The fraction of sp³-hybridized carbons (Fsp3) is 0.538. The van der Waals surface area contributed by atoms with Gasteiger partial charge in [0.15, 0.2) is 0 Å². The molecule has 0 spiro atoms. The maximum absolute atomic E-state index is 13.4. The summed E-state index contributed by atoms with van der Waals surface area (Å²) in [5.74, 6) is -0.228. The number of nitrogens with zero attached hydrogens (tertiary/aromatic N) is 1. The molecule has 3 nitrogen and oxygen atoms in total. The van der Waals surface area contributed by atoms with Crippen molar-refractivity contribution in [2.24, 2.45) is 0 Å². The van der Waals surface area contributed by atoms with Gasteiger partial charge in [-0.15, -0.1) is 0 Å². The van der Waals surface area contributed by atoms with Crippen molar-refractivity contribution in [3.05, 3.63) is 28.5 Å². The average Bonchev–Trinajstić information content (AvgIpc) is 2.79. The Kier molecular flexibility index (Phi) is 4.97. The molecule has 18 heavy (non-hydrogen) atoms. The van der Waals surface area contributed by atoms with Crippen molar-refractivity contribution in [1.82, 2.24) is 4.90 Å². The highest BCUT2D eigenvalue weighted by Gasteiger charge is 2.21. The Hall–Kier alpha value is -0.650. The van der Waals surface area contributed by atoms with Crippen LogP contribution >= 0.6 is 15.9 Å². The van der Waals surface area contributed by atoms with E-state index in [1.807, 2.05) is 6.07 Å². The zero-order valence-corrected chi connectivity index (χ0v) is 12.0. The number of halogens is 2. The van der Waals surface area contributed by atoms with E-state index in [9.17, 15) is 4.39 Å². The first-order valence-corrected chi connectivity index (χ1v) is 6.91. The Morgan fingerprint density at radius 1 is 1.56 bits per heavy atom. The van der Waals surface area contributed by atoms with Crippen molar-refractivity contribution >= 4 is 21.6 Å². The molecule has 1 N–H and O–H groups in total. The van der Waals surface area contributed by atoms with E-state index in [0.29, 0.717) is 10.5 Å². The van der Waals surface area contributed by atoms with E-state index in [0.717, 1.165) is 38.3 Å². The molecule has 0 saturated carbocycles. The van der Waals surface area contributed by atoms with Crippen LogP contribution in [0.25, 0.3) is 0 Å². The van der Waals surface area contributed by atoms with Gasteiger partial charge in [-0.05, 0) is 40.5 Å². The molecule has 1 aromatic rings. The van der Waals surface area contributed by atoms with Crippen LogP contribution in [0.5, 0.6) is 0 Å². The molecule has 100 valence electrons. The van der Waals surface area contributed by atoms with E-state index in [1.54, 1.807) is 13.2 Å². The SMILES string of the molecule is COCCN1CC[C@@H](Nc2ccc(Br)c(F)c2)C1. The number of ether oxygens (including phenoxy) is 1. The number of nitrogens with one attached hydrogen (secondary N) is 1. The minimum absolute atomic E-state index is 0.228. The smallest absolute Gasteiger partial charge is 0.139 e. The van der Waals surface area contributed by atoms with Crippen LogP contribution in [0.3, 0.4) is 0 Å². The summed E-state index contributed by atoms with van der Waals surface area (Å²) in [5, 5.41) is 3.37. The maximum atomic E-state index is 13.4. The summed E-state index contributed by atoms with van der Waals surface area (Å²) in [5.41, 5.74) is 0.842. The van der Waals surface area contributed by atoms with Gasteiger partial charge in [0.2, 0.25) is 0 Å². The predicted molar refractivity (Wildman–Crippen MR) is 74.4 cm³/mol. The van der Waals surface area contributed by atoms with E-state index in [4.69, 9.17) is 4.74 Å². The molecule has 0 aliphatic carbocycles. The lowest BCUT2D eigenvalue weighted by Gasteiger charge is -2.17. The van der Waals surface area contributed by atoms with Gasteiger partial charge in [0.05, 0.1) is 11.1 Å². The lowest BCUT2D eigenvalue weighted by Crippen LogP contribution is -2.28. The minimum atomic E-state index is -0.228. The van der Waals surface area contributed by atoms with Gasteiger partial charge in [-0.1, -0.05) is 0 Å². The molecule has 0 radical (unpaired) electrons. The molecule has 0 unspecified atom stereocenters. The van der Waals surface area contributed by atoms with Crippen LogP contribution in [-0.2, 0) is 4.74 Å². The van der Waals surface area contributed by atoms with Crippen molar-refractivity contribution in [2.75, 3.05) is 38.7 Å². The summed E-state index contributed by atoms with van der Waals surface area (Å²) in [4.78, 5) is 2.36. The third-order valence-corrected chi connectivity index (χ3v) is 3.82. The summed E-state index contributed by atoms with van der Waals surface area (Å²) in [6.45, 7) is 3.78. The molecule has 2 rings (SSSR count). The largest absolute Gasteiger partial charge is 0.383 e. The Morgan fingerprint density at radius 3 is 3.11 bits per heavy atom. The molecular formula is C13H18BrFN2O. The number of rotatable bonds is 5. The van der Waals surface area contributed by atoms with Crippen LogP contribution in [0.4, 0.5) is 10.1 Å². The average molecular weight is 317 g/mol. The first-order chi connectivity index (χ1) is 8.69. The minimum Gasteiger partial charge on any atom is -0.383 e. The van der Waals surface area contributed by atoms with Gasteiger partial charge < -0.3 is 10.1 Å². The second kappa shape index (κ2) is 6.50. The van der Waals surface area contributed by atoms with E-state index in [1.165, 1.54) is 6.07 Å². The molecule has 1 aromatic carbocycles. The van der Waals surface area contributed by atoms with E-state index >= 15 is 0 Å². The quantitative estimate of drug-likeness (QED) is 0.904. The Bertz CT molecular complexity index is 403.